The number of aromatic nitrogens is 2. The summed E-state index contributed by atoms with van der Waals surface area (Å²) in [6.07, 6.45) is 6.94. The van der Waals surface area contributed by atoms with E-state index in [1.165, 1.54) is 6.42 Å². The Morgan fingerprint density at radius 3 is 2.96 bits per heavy atom. The van der Waals surface area contributed by atoms with Crippen molar-refractivity contribution in [1.29, 1.82) is 0 Å². The normalized spacial score (nSPS) is 27.7. The van der Waals surface area contributed by atoms with Gasteiger partial charge in [-0.2, -0.15) is 0 Å². The lowest BCUT2D eigenvalue weighted by molar-refractivity contribution is -0.134. The SMILES string of the molecule is COCCn1ccnc1CN(C)[C@@H]1C[C@@H]2CC(=O)N(C)C[C@@H]2C1. The fourth-order valence-corrected chi connectivity index (χ4v) is 4.08. The summed E-state index contributed by atoms with van der Waals surface area (Å²) >= 11 is 0. The third kappa shape index (κ3) is 3.58. The van der Waals surface area contributed by atoms with Crippen molar-refractivity contribution in [2.45, 2.75) is 38.4 Å². The van der Waals surface area contributed by atoms with E-state index in [1.54, 1.807) is 7.11 Å². The number of piperidine rings is 1. The van der Waals surface area contributed by atoms with Crippen LogP contribution in [0.1, 0.15) is 25.1 Å². The minimum absolute atomic E-state index is 0.310. The molecule has 1 saturated carbocycles. The Balaban J connectivity index is 1.58. The fraction of sp³-hybridized carbons (Fsp3) is 0.765. The van der Waals surface area contributed by atoms with Gasteiger partial charge >= 0.3 is 0 Å². The summed E-state index contributed by atoms with van der Waals surface area (Å²) in [6, 6.07) is 0.553. The van der Waals surface area contributed by atoms with Crippen LogP contribution in [-0.4, -0.2) is 65.7 Å². The molecule has 3 atom stereocenters. The number of amides is 1. The van der Waals surface area contributed by atoms with Gasteiger partial charge in [-0.15, -0.1) is 0 Å². The number of rotatable bonds is 6. The lowest BCUT2D eigenvalue weighted by Crippen LogP contribution is -2.39. The van der Waals surface area contributed by atoms with Crippen molar-refractivity contribution in [2.75, 3.05) is 34.4 Å². The molecule has 1 aliphatic carbocycles. The van der Waals surface area contributed by atoms with E-state index in [4.69, 9.17) is 4.74 Å². The van der Waals surface area contributed by atoms with Crippen LogP contribution in [0, 0.1) is 11.8 Å². The van der Waals surface area contributed by atoms with Crippen LogP contribution >= 0.6 is 0 Å². The molecule has 1 aromatic heterocycles. The molecule has 2 heterocycles. The van der Waals surface area contributed by atoms with Crippen molar-refractivity contribution in [3.8, 4) is 0 Å². The molecule has 0 bridgehead atoms. The Labute approximate surface area is 138 Å². The molecule has 3 rings (SSSR count). The summed E-state index contributed by atoms with van der Waals surface area (Å²) < 4.78 is 7.33. The number of carbonyl (C=O) groups is 1. The molecule has 6 nitrogen and oxygen atoms in total. The van der Waals surface area contributed by atoms with Crippen molar-refractivity contribution in [3.05, 3.63) is 18.2 Å². The average molecular weight is 320 g/mol. The molecule has 0 spiro atoms. The maximum atomic E-state index is 11.9. The molecule has 128 valence electrons. The summed E-state index contributed by atoms with van der Waals surface area (Å²) in [5, 5.41) is 0. The molecular weight excluding hydrogens is 292 g/mol. The van der Waals surface area contributed by atoms with E-state index in [1.807, 2.05) is 24.3 Å². The maximum Gasteiger partial charge on any atom is 0.222 e. The third-order valence-corrected chi connectivity index (χ3v) is 5.54. The second kappa shape index (κ2) is 7.01. The molecular formula is C17H28N4O2. The number of hydrogen-bond donors (Lipinski definition) is 0. The highest BCUT2D eigenvalue weighted by Gasteiger charge is 2.41. The van der Waals surface area contributed by atoms with Crippen molar-refractivity contribution < 1.29 is 9.53 Å². The summed E-state index contributed by atoms with van der Waals surface area (Å²) in [5.41, 5.74) is 0. The Kier molecular flexibility index (Phi) is 5.02. The number of carbonyl (C=O) groups excluding carboxylic acids is 1. The minimum Gasteiger partial charge on any atom is -0.383 e. The summed E-state index contributed by atoms with van der Waals surface area (Å²) in [5.74, 6) is 2.63. The predicted molar refractivity (Wildman–Crippen MR) is 87.8 cm³/mol. The Hall–Kier alpha value is -1.40. The van der Waals surface area contributed by atoms with E-state index >= 15 is 0 Å². The van der Waals surface area contributed by atoms with Crippen molar-refractivity contribution in [2.24, 2.45) is 11.8 Å². The highest BCUT2D eigenvalue weighted by molar-refractivity contribution is 5.77. The Morgan fingerprint density at radius 2 is 2.17 bits per heavy atom. The highest BCUT2D eigenvalue weighted by Crippen LogP contribution is 2.40. The minimum atomic E-state index is 0.310. The predicted octanol–water partition coefficient (Wildman–Crippen LogP) is 1.22. The number of ether oxygens (including phenoxy) is 1. The number of fused-ring (bicyclic) bond motifs is 1. The van der Waals surface area contributed by atoms with Gasteiger partial charge in [-0.1, -0.05) is 0 Å². The van der Waals surface area contributed by atoms with Crippen LogP contribution in [0.2, 0.25) is 0 Å². The van der Waals surface area contributed by atoms with Crippen LogP contribution < -0.4 is 0 Å². The highest BCUT2D eigenvalue weighted by atomic mass is 16.5. The molecule has 1 aliphatic heterocycles. The zero-order chi connectivity index (χ0) is 16.4. The largest absolute Gasteiger partial charge is 0.383 e. The quantitative estimate of drug-likeness (QED) is 0.791. The van der Waals surface area contributed by atoms with Gasteiger partial charge in [0.1, 0.15) is 5.82 Å². The molecule has 1 aromatic rings. The van der Waals surface area contributed by atoms with Gasteiger partial charge in [0.25, 0.3) is 0 Å². The van der Waals surface area contributed by atoms with Crippen molar-refractivity contribution >= 4 is 5.91 Å². The zero-order valence-electron chi connectivity index (χ0n) is 14.4. The number of likely N-dealkylation sites (tertiary alicyclic amines) is 1. The summed E-state index contributed by atoms with van der Waals surface area (Å²) in [4.78, 5) is 20.7. The first-order chi connectivity index (χ1) is 11.1. The van der Waals surface area contributed by atoms with E-state index in [-0.39, 0.29) is 0 Å². The van der Waals surface area contributed by atoms with Crippen LogP contribution in [-0.2, 0) is 22.6 Å². The first-order valence-corrected chi connectivity index (χ1v) is 8.51. The summed E-state index contributed by atoms with van der Waals surface area (Å²) in [7, 11) is 5.84. The monoisotopic (exact) mass is 320 g/mol. The second-order valence-electron chi connectivity index (χ2n) is 7.07. The van der Waals surface area contributed by atoms with Gasteiger partial charge in [0.15, 0.2) is 0 Å². The average Bonchev–Trinajstić information content (AvgIpc) is 3.12. The van der Waals surface area contributed by atoms with Gasteiger partial charge < -0.3 is 14.2 Å². The summed E-state index contributed by atoms with van der Waals surface area (Å²) in [6.45, 7) is 3.32. The molecule has 0 unspecified atom stereocenters. The van der Waals surface area contributed by atoms with Crippen molar-refractivity contribution in [1.82, 2.24) is 19.4 Å². The van der Waals surface area contributed by atoms with E-state index < -0.39 is 0 Å². The number of hydrogen-bond acceptors (Lipinski definition) is 4. The molecule has 0 N–H and O–H groups in total. The van der Waals surface area contributed by atoms with Crippen LogP contribution in [0.4, 0.5) is 0 Å². The van der Waals surface area contributed by atoms with E-state index in [0.717, 1.165) is 38.3 Å². The van der Waals surface area contributed by atoms with Crippen LogP contribution in [0.15, 0.2) is 12.4 Å². The van der Waals surface area contributed by atoms with Crippen molar-refractivity contribution in [3.63, 3.8) is 0 Å². The molecule has 23 heavy (non-hydrogen) atoms. The molecule has 1 saturated heterocycles. The molecule has 0 radical (unpaired) electrons. The number of nitrogens with zero attached hydrogens (tertiary/aromatic N) is 4. The van der Waals surface area contributed by atoms with E-state index in [2.05, 4.69) is 21.5 Å². The topological polar surface area (TPSA) is 50.6 Å². The molecule has 6 heteroatoms. The standard InChI is InChI=1S/C17H28N4O2/c1-19(12-16-18-4-5-21(16)6-7-23-3)15-8-13-10-17(22)20(2)11-14(13)9-15/h4-5,13-15H,6-12H2,1-3H3/t13-,14+,15-/m1/s1. The third-order valence-electron chi connectivity index (χ3n) is 5.54. The Bertz CT molecular complexity index is 544. The van der Waals surface area contributed by atoms with Gasteiger partial charge in [0, 0.05) is 52.1 Å². The van der Waals surface area contributed by atoms with Gasteiger partial charge in [0.05, 0.1) is 13.2 Å². The maximum absolute atomic E-state index is 11.9. The van der Waals surface area contributed by atoms with Crippen LogP contribution in [0.5, 0.6) is 0 Å². The lowest BCUT2D eigenvalue weighted by atomic mass is 9.88. The van der Waals surface area contributed by atoms with Gasteiger partial charge in [-0.3, -0.25) is 9.69 Å². The lowest BCUT2D eigenvalue weighted by Gasteiger charge is -2.31. The Morgan fingerprint density at radius 1 is 1.39 bits per heavy atom. The smallest absolute Gasteiger partial charge is 0.222 e. The molecule has 2 fully saturated rings. The van der Waals surface area contributed by atoms with Crippen LogP contribution in [0.3, 0.4) is 0 Å². The van der Waals surface area contributed by atoms with E-state index in [9.17, 15) is 4.79 Å². The molecule has 2 aliphatic rings. The first kappa shape index (κ1) is 16.5. The van der Waals surface area contributed by atoms with Gasteiger partial charge in [0.2, 0.25) is 5.91 Å². The zero-order valence-corrected chi connectivity index (χ0v) is 14.4. The molecule has 0 aromatic carbocycles. The number of methoxy groups -OCH3 is 1. The van der Waals surface area contributed by atoms with Crippen LogP contribution in [0.25, 0.3) is 0 Å². The van der Waals surface area contributed by atoms with E-state index in [0.29, 0.717) is 30.4 Å². The van der Waals surface area contributed by atoms with Gasteiger partial charge in [-0.05, 0) is 31.7 Å². The fourth-order valence-electron chi connectivity index (χ4n) is 4.08. The first-order valence-electron chi connectivity index (χ1n) is 8.51. The molecule has 1 amide bonds. The number of imidazole rings is 1. The van der Waals surface area contributed by atoms with Gasteiger partial charge in [-0.25, -0.2) is 4.98 Å². The second-order valence-corrected chi connectivity index (χ2v) is 7.07.